The number of aryl methyl sites for hydroxylation is 1. The van der Waals surface area contributed by atoms with Crippen molar-refractivity contribution in [3.63, 3.8) is 0 Å². The van der Waals surface area contributed by atoms with Gasteiger partial charge in [0.2, 0.25) is 0 Å². The predicted molar refractivity (Wildman–Crippen MR) is 169 cm³/mol. The van der Waals surface area contributed by atoms with E-state index in [1.165, 1.54) is 0 Å². The Morgan fingerprint density at radius 2 is 1.53 bits per heavy atom. The SMILES string of the molecule is CC1=C(C(=O)OCCCCSc2ccc(C)c(Cl)c2)C(C)C(C(=O)OC(CN2CCOCC2)CN2CCOCC2)=C(C)N1. The molecule has 3 aliphatic rings. The maximum absolute atomic E-state index is 13.7. The lowest BCUT2D eigenvalue weighted by Gasteiger charge is -2.35. The van der Waals surface area contributed by atoms with E-state index in [4.69, 9.17) is 30.5 Å². The number of hydrogen-bond acceptors (Lipinski definition) is 10. The summed E-state index contributed by atoms with van der Waals surface area (Å²) in [6, 6.07) is 6.08. The number of thioether (sulfide) groups is 1. The van der Waals surface area contributed by atoms with Gasteiger partial charge in [-0.1, -0.05) is 24.6 Å². The molecule has 0 spiro atoms. The summed E-state index contributed by atoms with van der Waals surface area (Å²) in [6.07, 6.45) is 1.34. The van der Waals surface area contributed by atoms with E-state index in [-0.39, 0.29) is 6.10 Å². The molecule has 4 rings (SSSR count). The van der Waals surface area contributed by atoms with Gasteiger partial charge >= 0.3 is 11.9 Å². The quantitative estimate of drug-likeness (QED) is 0.191. The predicted octanol–water partition coefficient (Wildman–Crippen LogP) is 4.43. The molecule has 2 fully saturated rings. The monoisotopic (exact) mass is 635 g/mol. The normalized spacial score (nSPS) is 20.4. The molecule has 1 aromatic rings. The van der Waals surface area contributed by atoms with E-state index in [0.29, 0.717) is 68.7 Å². The number of unbranched alkanes of at least 4 members (excludes halogenated alkanes) is 1. The van der Waals surface area contributed by atoms with Crippen LogP contribution in [0.25, 0.3) is 0 Å². The Bertz CT molecular complexity index is 1160. The second kappa shape index (κ2) is 16.8. The van der Waals surface area contributed by atoms with Crippen LogP contribution in [-0.2, 0) is 28.5 Å². The average Bonchev–Trinajstić information content (AvgIpc) is 2.97. The topological polar surface area (TPSA) is 89.6 Å². The Morgan fingerprint density at radius 1 is 0.953 bits per heavy atom. The molecular formula is C32H46ClN3O6S. The summed E-state index contributed by atoms with van der Waals surface area (Å²) in [6.45, 7) is 15.1. The fourth-order valence-corrected chi connectivity index (χ4v) is 6.86. The average molecular weight is 636 g/mol. The molecular weight excluding hydrogens is 590 g/mol. The molecule has 238 valence electrons. The molecule has 0 aromatic heterocycles. The minimum absolute atomic E-state index is 0.313. The van der Waals surface area contributed by atoms with E-state index < -0.39 is 17.9 Å². The minimum Gasteiger partial charge on any atom is -0.462 e. The van der Waals surface area contributed by atoms with E-state index in [0.717, 1.165) is 60.3 Å². The number of morpholine rings is 2. The number of nitrogens with zero attached hydrogens (tertiary/aromatic N) is 2. The Kier molecular flexibility index (Phi) is 13.2. The first-order valence-corrected chi connectivity index (χ1v) is 16.6. The Balaban J connectivity index is 1.30. The maximum Gasteiger partial charge on any atom is 0.336 e. The molecule has 1 N–H and O–H groups in total. The first kappa shape index (κ1) is 33.8. The molecule has 0 aliphatic carbocycles. The van der Waals surface area contributed by atoms with Crippen LogP contribution < -0.4 is 5.32 Å². The number of hydrogen-bond donors (Lipinski definition) is 1. The van der Waals surface area contributed by atoms with Gasteiger partial charge in [0.25, 0.3) is 0 Å². The van der Waals surface area contributed by atoms with Gasteiger partial charge in [-0.3, -0.25) is 9.80 Å². The van der Waals surface area contributed by atoms with Crippen LogP contribution >= 0.6 is 23.4 Å². The lowest BCUT2D eigenvalue weighted by Crippen LogP contribution is -2.48. The molecule has 1 atom stereocenters. The third-order valence-corrected chi connectivity index (χ3v) is 9.56. The van der Waals surface area contributed by atoms with Gasteiger partial charge in [-0.2, -0.15) is 0 Å². The highest BCUT2D eigenvalue weighted by molar-refractivity contribution is 7.99. The molecule has 9 nitrogen and oxygen atoms in total. The standard InChI is InChI=1S/C32H46ClN3O6S/c1-22-7-8-27(19-28(22)33)43-18-6-5-13-41-31(37)29-23(2)30(25(4)34-24(29)3)32(38)42-26(20-35-9-14-39-15-10-35)21-36-11-16-40-17-12-36/h7-8,19,23,26,34H,5-6,9-18,20-21H2,1-4H3. The van der Waals surface area contributed by atoms with Gasteiger partial charge in [-0.05, 0) is 57.1 Å². The summed E-state index contributed by atoms with van der Waals surface area (Å²) in [5, 5.41) is 4.01. The number of esters is 2. The molecule has 43 heavy (non-hydrogen) atoms. The number of ether oxygens (including phenoxy) is 4. The van der Waals surface area contributed by atoms with Crippen LogP contribution in [0.5, 0.6) is 0 Å². The zero-order valence-corrected chi connectivity index (χ0v) is 27.5. The molecule has 0 saturated carbocycles. The Morgan fingerprint density at radius 3 is 2.12 bits per heavy atom. The van der Waals surface area contributed by atoms with Gasteiger partial charge in [0.15, 0.2) is 0 Å². The molecule has 2 saturated heterocycles. The smallest absolute Gasteiger partial charge is 0.336 e. The van der Waals surface area contributed by atoms with E-state index in [9.17, 15) is 9.59 Å². The van der Waals surface area contributed by atoms with E-state index in [2.05, 4.69) is 21.2 Å². The van der Waals surface area contributed by atoms with Gasteiger partial charge in [-0.15, -0.1) is 11.8 Å². The third-order valence-electron chi connectivity index (χ3n) is 8.08. The molecule has 3 aliphatic heterocycles. The highest BCUT2D eigenvalue weighted by Gasteiger charge is 2.35. The number of carbonyl (C=O) groups is 2. The fraction of sp³-hybridized carbons (Fsp3) is 0.625. The summed E-state index contributed by atoms with van der Waals surface area (Å²) in [5.74, 6) is -0.332. The van der Waals surface area contributed by atoms with Crippen molar-refractivity contribution in [1.82, 2.24) is 15.1 Å². The summed E-state index contributed by atoms with van der Waals surface area (Å²) < 4.78 is 22.9. The molecule has 1 unspecified atom stereocenters. The van der Waals surface area contributed by atoms with Crippen molar-refractivity contribution in [3.8, 4) is 0 Å². The largest absolute Gasteiger partial charge is 0.462 e. The number of carbonyl (C=O) groups excluding carboxylic acids is 2. The molecule has 1 aromatic carbocycles. The van der Waals surface area contributed by atoms with Crippen molar-refractivity contribution in [2.45, 2.75) is 51.5 Å². The van der Waals surface area contributed by atoms with Crippen LogP contribution in [0.1, 0.15) is 39.2 Å². The van der Waals surface area contributed by atoms with Crippen LogP contribution in [0, 0.1) is 12.8 Å². The fourth-order valence-electron chi connectivity index (χ4n) is 5.66. The summed E-state index contributed by atoms with van der Waals surface area (Å²) >= 11 is 7.97. The van der Waals surface area contributed by atoms with Crippen molar-refractivity contribution < 1.29 is 28.5 Å². The van der Waals surface area contributed by atoms with E-state index in [1.54, 1.807) is 11.8 Å². The van der Waals surface area contributed by atoms with Crippen LogP contribution in [0.2, 0.25) is 5.02 Å². The highest BCUT2D eigenvalue weighted by Crippen LogP contribution is 2.31. The van der Waals surface area contributed by atoms with Crippen molar-refractivity contribution in [3.05, 3.63) is 51.3 Å². The van der Waals surface area contributed by atoms with Gasteiger partial charge in [0.1, 0.15) is 6.10 Å². The molecule has 0 radical (unpaired) electrons. The third kappa shape index (κ3) is 9.96. The second-order valence-electron chi connectivity index (χ2n) is 11.4. The molecule has 3 heterocycles. The van der Waals surface area contributed by atoms with E-state index in [1.807, 2.05) is 39.8 Å². The Labute approximate surface area is 265 Å². The molecule has 0 amide bonds. The van der Waals surface area contributed by atoms with Crippen molar-refractivity contribution in [2.75, 3.05) is 78.1 Å². The summed E-state index contributed by atoms with van der Waals surface area (Å²) in [7, 11) is 0. The van der Waals surface area contributed by atoms with Crippen LogP contribution in [0.3, 0.4) is 0 Å². The van der Waals surface area contributed by atoms with Gasteiger partial charge < -0.3 is 24.3 Å². The zero-order chi connectivity index (χ0) is 30.8. The number of halogens is 1. The lowest BCUT2D eigenvalue weighted by molar-refractivity contribution is -0.148. The van der Waals surface area contributed by atoms with Gasteiger partial charge in [0.05, 0.1) is 44.2 Å². The van der Waals surface area contributed by atoms with Crippen molar-refractivity contribution in [2.24, 2.45) is 5.92 Å². The number of rotatable bonds is 13. The van der Waals surface area contributed by atoms with Crippen molar-refractivity contribution in [1.29, 1.82) is 0 Å². The van der Waals surface area contributed by atoms with Crippen LogP contribution in [0.4, 0.5) is 0 Å². The number of nitrogens with one attached hydrogen (secondary N) is 1. The Hall–Kier alpha value is -2.08. The first-order chi connectivity index (χ1) is 20.7. The summed E-state index contributed by atoms with van der Waals surface area (Å²) in [4.78, 5) is 32.6. The maximum atomic E-state index is 13.7. The lowest BCUT2D eigenvalue weighted by atomic mass is 9.87. The highest BCUT2D eigenvalue weighted by atomic mass is 35.5. The zero-order valence-electron chi connectivity index (χ0n) is 25.9. The van der Waals surface area contributed by atoms with E-state index >= 15 is 0 Å². The summed E-state index contributed by atoms with van der Waals surface area (Å²) in [5.41, 5.74) is 3.42. The molecule has 11 heteroatoms. The first-order valence-electron chi connectivity index (χ1n) is 15.3. The van der Waals surface area contributed by atoms with Gasteiger partial charge in [-0.25, -0.2) is 9.59 Å². The number of benzene rings is 1. The van der Waals surface area contributed by atoms with Crippen molar-refractivity contribution >= 4 is 35.3 Å². The second-order valence-corrected chi connectivity index (χ2v) is 13.0. The molecule has 0 bridgehead atoms. The number of allylic oxidation sites excluding steroid dienone is 2. The number of dihydropyridines is 1. The minimum atomic E-state index is -0.449. The van der Waals surface area contributed by atoms with Gasteiger partial charge in [0, 0.05) is 66.5 Å². The van der Waals surface area contributed by atoms with Crippen LogP contribution in [-0.4, -0.2) is 106 Å². The van der Waals surface area contributed by atoms with Crippen LogP contribution in [0.15, 0.2) is 45.6 Å².